The van der Waals surface area contributed by atoms with Crippen molar-refractivity contribution in [1.29, 1.82) is 0 Å². The summed E-state index contributed by atoms with van der Waals surface area (Å²) < 4.78 is 24.3. The number of ether oxygens (including phenoxy) is 1. The van der Waals surface area contributed by atoms with Crippen LogP contribution >= 0.6 is 0 Å². The fourth-order valence-corrected chi connectivity index (χ4v) is 4.18. The van der Waals surface area contributed by atoms with Gasteiger partial charge in [0, 0.05) is 41.9 Å². The predicted molar refractivity (Wildman–Crippen MR) is 102 cm³/mol. The summed E-state index contributed by atoms with van der Waals surface area (Å²) in [5.74, 6) is 0.436. The zero-order chi connectivity index (χ0) is 20.0. The van der Waals surface area contributed by atoms with Gasteiger partial charge in [0.25, 0.3) is 5.91 Å². The van der Waals surface area contributed by atoms with E-state index in [1.165, 1.54) is 12.1 Å². The molecule has 2 aromatic carbocycles. The van der Waals surface area contributed by atoms with Gasteiger partial charge in [-0.25, -0.2) is 4.39 Å². The minimum absolute atomic E-state index is 0.0131. The molecule has 1 aromatic heterocycles. The molecule has 7 heteroatoms. The number of amides is 1. The van der Waals surface area contributed by atoms with Gasteiger partial charge in [-0.2, -0.15) is 0 Å². The number of halogens is 1. The lowest BCUT2D eigenvalue weighted by molar-refractivity contribution is -0.121. The summed E-state index contributed by atoms with van der Waals surface area (Å²) in [6, 6.07) is 9.67. The standard InChI is InChI=1S/C22H19FN2O4/c23-16-2-4-20-18(11-16)21(24-29-20)13-5-7-25(8-6-13)22(27)14-1-3-19-15(9-14)10-17(26)12-28-19/h1-4,9,11,13H,5-8,10,12H2. The Labute approximate surface area is 166 Å². The van der Waals surface area contributed by atoms with E-state index < -0.39 is 0 Å². The number of fused-ring (bicyclic) bond motifs is 2. The van der Waals surface area contributed by atoms with Crippen LogP contribution in [0.1, 0.15) is 40.4 Å². The Morgan fingerprint density at radius 3 is 2.79 bits per heavy atom. The van der Waals surface area contributed by atoms with Gasteiger partial charge >= 0.3 is 0 Å². The number of hydrogen-bond donors (Lipinski definition) is 0. The number of benzene rings is 2. The highest BCUT2D eigenvalue weighted by Gasteiger charge is 2.28. The summed E-state index contributed by atoms with van der Waals surface area (Å²) in [5, 5.41) is 4.86. The van der Waals surface area contributed by atoms with E-state index in [0.717, 1.165) is 24.1 Å². The highest BCUT2D eigenvalue weighted by Crippen LogP contribution is 2.33. The molecule has 0 N–H and O–H groups in total. The molecule has 1 fully saturated rings. The number of piperidine rings is 1. The second kappa shape index (κ2) is 6.99. The van der Waals surface area contributed by atoms with Gasteiger partial charge in [-0.1, -0.05) is 5.16 Å². The summed E-state index contributed by atoms with van der Waals surface area (Å²) in [4.78, 5) is 26.4. The molecular weight excluding hydrogens is 375 g/mol. The first-order valence-electron chi connectivity index (χ1n) is 9.70. The Hall–Kier alpha value is -3.22. The molecule has 2 aliphatic rings. The van der Waals surface area contributed by atoms with Crippen LogP contribution in [-0.2, 0) is 11.2 Å². The highest BCUT2D eigenvalue weighted by atomic mass is 19.1. The van der Waals surface area contributed by atoms with Crippen molar-refractivity contribution in [3.63, 3.8) is 0 Å². The first-order valence-corrected chi connectivity index (χ1v) is 9.70. The van der Waals surface area contributed by atoms with Gasteiger partial charge < -0.3 is 14.2 Å². The van der Waals surface area contributed by atoms with Crippen molar-refractivity contribution in [3.05, 3.63) is 59.0 Å². The van der Waals surface area contributed by atoms with E-state index in [-0.39, 0.29) is 30.0 Å². The quantitative estimate of drug-likeness (QED) is 0.665. The van der Waals surface area contributed by atoms with E-state index in [2.05, 4.69) is 5.16 Å². The number of Topliss-reactive ketones (excluding diaryl/α,β-unsaturated/α-hetero) is 1. The van der Waals surface area contributed by atoms with E-state index in [1.807, 2.05) is 4.90 Å². The minimum Gasteiger partial charge on any atom is -0.486 e. The Kier molecular flexibility index (Phi) is 4.30. The SMILES string of the molecule is O=C1COc2ccc(C(=O)N3CCC(c4noc5ccc(F)cc45)CC3)cc2C1. The lowest BCUT2D eigenvalue weighted by Crippen LogP contribution is -2.38. The number of likely N-dealkylation sites (tertiary alicyclic amines) is 1. The first kappa shape index (κ1) is 17.8. The molecule has 0 radical (unpaired) electrons. The molecule has 29 heavy (non-hydrogen) atoms. The molecule has 0 saturated carbocycles. The molecule has 148 valence electrons. The number of carbonyl (C=O) groups excluding carboxylic acids is 2. The second-order valence-electron chi connectivity index (χ2n) is 7.60. The van der Waals surface area contributed by atoms with Crippen molar-refractivity contribution in [2.45, 2.75) is 25.2 Å². The van der Waals surface area contributed by atoms with E-state index in [0.29, 0.717) is 41.8 Å². The normalized spacial score (nSPS) is 17.3. The third-order valence-electron chi connectivity index (χ3n) is 5.71. The summed E-state index contributed by atoms with van der Waals surface area (Å²) in [7, 11) is 0. The summed E-state index contributed by atoms with van der Waals surface area (Å²) >= 11 is 0. The summed E-state index contributed by atoms with van der Waals surface area (Å²) in [6.07, 6.45) is 1.77. The molecule has 2 aliphatic heterocycles. The van der Waals surface area contributed by atoms with Crippen LogP contribution in [0.2, 0.25) is 0 Å². The fraction of sp³-hybridized carbons (Fsp3) is 0.318. The molecule has 0 aliphatic carbocycles. The smallest absolute Gasteiger partial charge is 0.253 e. The maximum atomic E-state index is 13.6. The van der Waals surface area contributed by atoms with Crippen LogP contribution in [0.25, 0.3) is 11.0 Å². The molecule has 0 bridgehead atoms. The predicted octanol–water partition coefficient (Wildman–Crippen LogP) is 3.49. The number of carbonyl (C=O) groups is 2. The van der Waals surface area contributed by atoms with Crippen LogP contribution in [0.3, 0.4) is 0 Å². The molecule has 3 heterocycles. The van der Waals surface area contributed by atoms with Gasteiger partial charge in [0.1, 0.15) is 18.2 Å². The van der Waals surface area contributed by atoms with Crippen molar-refractivity contribution in [3.8, 4) is 5.75 Å². The molecule has 5 rings (SSSR count). The van der Waals surface area contributed by atoms with Crippen LogP contribution in [0.4, 0.5) is 4.39 Å². The van der Waals surface area contributed by atoms with Crippen molar-refractivity contribution >= 4 is 22.7 Å². The zero-order valence-electron chi connectivity index (χ0n) is 15.7. The van der Waals surface area contributed by atoms with Crippen molar-refractivity contribution < 1.29 is 23.2 Å². The highest BCUT2D eigenvalue weighted by molar-refractivity contribution is 5.95. The maximum absolute atomic E-state index is 13.6. The average molecular weight is 394 g/mol. The van der Waals surface area contributed by atoms with Crippen molar-refractivity contribution in [2.24, 2.45) is 0 Å². The molecule has 0 atom stereocenters. The van der Waals surface area contributed by atoms with Gasteiger partial charge in [-0.3, -0.25) is 9.59 Å². The third kappa shape index (κ3) is 3.26. The Morgan fingerprint density at radius 2 is 1.97 bits per heavy atom. The lowest BCUT2D eigenvalue weighted by atomic mass is 9.91. The molecule has 6 nitrogen and oxygen atoms in total. The van der Waals surface area contributed by atoms with Crippen molar-refractivity contribution in [1.82, 2.24) is 10.1 Å². The van der Waals surface area contributed by atoms with E-state index in [1.54, 1.807) is 24.3 Å². The fourth-order valence-electron chi connectivity index (χ4n) is 4.18. The van der Waals surface area contributed by atoms with Gasteiger partial charge in [0.05, 0.1) is 5.69 Å². The van der Waals surface area contributed by atoms with Gasteiger partial charge in [-0.05, 0) is 49.2 Å². The number of hydrogen-bond acceptors (Lipinski definition) is 5. The third-order valence-corrected chi connectivity index (χ3v) is 5.71. The first-order chi connectivity index (χ1) is 14.1. The molecule has 0 unspecified atom stereocenters. The number of ketones is 1. The Morgan fingerprint density at radius 1 is 1.14 bits per heavy atom. The zero-order valence-corrected chi connectivity index (χ0v) is 15.7. The van der Waals surface area contributed by atoms with Crippen LogP contribution in [0.15, 0.2) is 40.9 Å². The number of rotatable bonds is 2. The summed E-state index contributed by atoms with van der Waals surface area (Å²) in [6.45, 7) is 1.26. The molecule has 0 spiro atoms. The van der Waals surface area contributed by atoms with Gasteiger partial charge in [0.15, 0.2) is 11.4 Å². The summed E-state index contributed by atoms with van der Waals surface area (Å²) in [5.41, 5.74) is 2.66. The van der Waals surface area contributed by atoms with Crippen LogP contribution in [-0.4, -0.2) is 41.4 Å². The molecule has 3 aromatic rings. The van der Waals surface area contributed by atoms with E-state index in [9.17, 15) is 14.0 Å². The number of nitrogens with zero attached hydrogens (tertiary/aromatic N) is 2. The average Bonchev–Trinajstić information content (AvgIpc) is 3.16. The van der Waals surface area contributed by atoms with E-state index in [4.69, 9.17) is 9.26 Å². The Bertz CT molecular complexity index is 1120. The van der Waals surface area contributed by atoms with Gasteiger partial charge in [0.2, 0.25) is 0 Å². The monoisotopic (exact) mass is 394 g/mol. The largest absolute Gasteiger partial charge is 0.486 e. The Balaban J connectivity index is 1.30. The molecular formula is C22H19FN2O4. The van der Waals surface area contributed by atoms with Crippen LogP contribution in [0, 0.1) is 5.82 Å². The topological polar surface area (TPSA) is 72.6 Å². The second-order valence-corrected chi connectivity index (χ2v) is 7.60. The molecule has 1 saturated heterocycles. The number of aromatic nitrogens is 1. The van der Waals surface area contributed by atoms with E-state index >= 15 is 0 Å². The van der Waals surface area contributed by atoms with Crippen molar-refractivity contribution in [2.75, 3.05) is 19.7 Å². The molecule has 1 amide bonds. The van der Waals surface area contributed by atoms with Gasteiger partial charge in [-0.15, -0.1) is 0 Å². The maximum Gasteiger partial charge on any atom is 0.253 e. The minimum atomic E-state index is -0.315. The van der Waals surface area contributed by atoms with Crippen LogP contribution < -0.4 is 4.74 Å². The van der Waals surface area contributed by atoms with Crippen LogP contribution in [0.5, 0.6) is 5.75 Å². The lowest BCUT2D eigenvalue weighted by Gasteiger charge is -2.31.